The number of carbonyl (C=O) groups excluding carboxylic acids is 1. The van der Waals surface area contributed by atoms with E-state index in [0.29, 0.717) is 24.6 Å². The molecule has 0 aliphatic carbocycles. The van der Waals surface area contributed by atoms with Gasteiger partial charge in [-0.15, -0.1) is 0 Å². The minimum absolute atomic E-state index is 0.00168. The number of carbonyl (C=O) groups is 1. The molecule has 3 aromatic rings. The van der Waals surface area contributed by atoms with Crippen LogP contribution in [0.4, 0.5) is 0 Å². The molecule has 0 atom stereocenters. The van der Waals surface area contributed by atoms with Crippen LogP contribution in [-0.2, 0) is 19.5 Å². The maximum atomic E-state index is 12.9. The lowest BCUT2D eigenvalue weighted by atomic mass is 10.1. The highest BCUT2D eigenvalue weighted by atomic mass is 16.3. The van der Waals surface area contributed by atoms with E-state index in [0.717, 1.165) is 34.8 Å². The normalized spacial score (nSPS) is 13.3. The Morgan fingerprint density at radius 3 is 2.88 bits per heavy atom. The van der Waals surface area contributed by atoms with E-state index in [1.807, 2.05) is 47.5 Å². The molecule has 0 saturated carbocycles. The lowest BCUT2D eigenvalue weighted by molar-refractivity contribution is 0.0750. The molecule has 4 rings (SSSR count). The second-order valence-corrected chi connectivity index (χ2v) is 7.08. The third kappa shape index (κ3) is 3.25. The molecule has 0 fully saturated rings. The van der Waals surface area contributed by atoms with Crippen LogP contribution in [0.5, 0.6) is 0 Å². The Hall–Kier alpha value is -2.95. The molecule has 0 radical (unpaired) electrons. The van der Waals surface area contributed by atoms with Gasteiger partial charge in [-0.2, -0.15) is 0 Å². The molecule has 1 amide bonds. The van der Waals surface area contributed by atoms with Gasteiger partial charge < -0.3 is 9.32 Å². The third-order valence-corrected chi connectivity index (χ3v) is 4.50. The summed E-state index contributed by atoms with van der Waals surface area (Å²) in [6.07, 6.45) is 4.35. The fourth-order valence-electron chi connectivity index (χ4n) is 3.23. The SMILES string of the molecule is CC(C)Cc1ncc2c(n1)CN(C(=O)c1cccc(-c3ccco3)c1)C2. The zero-order valence-electron chi connectivity index (χ0n) is 15.0. The fourth-order valence-corrected chi connectivity index (χ4v) is 3.23. The Labute approximate surface area is 152 Å². The number of amides is 1. The standard InChI is InChI=1S/C21H21N3O2/c1-14(2)9-20-22-11-17-12-24(13-18(17)23-20)21(25)16-6-3-5-15(10-16)19-7-4-8-26-19/h3-8,10-11,14H,9,12-13H2,1-2H3. The first-order valence-electron chi connectivity index (χ1n) is 8.87. The summed E-state index contributed by atoms with van der Waals surface area (Å²) in [7, 11) is 0. The average molecular weight is 347 g/mol. The topological polar surface area (TPSA) is 59.2 Å². The molecule has 3 heterocycles. The van der Waals surface area contributed by atoms with Gasteiger partial charge in [-0.3, -0.25) is 4.79 Å². The van der Waals surface area contributed by atoms with E-state index in [9.17, 15) is 4.79 Å². The van der Waals surface area contributed by atoms with Crippen molar-refractivity contribution in [3.63, 3.8) is 0 Å². The zero-order valence-corrected chi connectivity index (χ0v) is 15.0. The summed E-state index contributed by atoms with van der Waals surface area (Å²) in [5.41, 5.74) is 3.55. The minimum atomic E-state index is 0.00168. The maximum Gasteiger partial charge on any atom is 0.254 e. The van der Waals surface area contributed by atoms with Gasteiger partial charge in [0, 0.05) is 35.9 Å². The number of hydrogen-bond acceptors (Lipinski definition) is 4. The Morgan fingerprint density at radius 1 is 1.23 bits per heavy atom. The first-order valence-corrected chi connectivity index (χ1v) is 8.87. The molecule has 0 spiro atoms. The Kier molecular flexibility index (Phi) is 4.29. The average Bonchev–Trinajstić information content (AvgIpc) is 3.30. The number of benzene rings is 1. The molecule has 1 aliphatic heterocycles. The molecule has 0 unspecified atom stereocenters. The van der Waals surface area contributed by atoms with Crippen LogP contribution in [0.15, 0.2) is 53.3 Å². The van der Waals surface area contributed by atoms with E-state index in [1.54, 1.807) is 6.26 Å². The fraction of sp³-hybridized carbons (Fsp3) is 0.286. The highest BCUT2D eigenvalue weighted by molar-refractivity contribution is 5.95. The molecular formula is C21H21N3O2. The second kappa shape index (κ2) is 6.75. The quantitative estimate of drug-likeness (QED) is 0.713. The molecular weight excluding hydrogens is 326 g/mol. The van der Waals surface area contributed by atoms with Gasteiger partial charge in [-0.1, -0.05) is 26.0 Å². The summed E-state index contributed by atoms with van der Waals surface area (Å²) in [5.74, 6) is 2.12. The largest absolute Gasteiger partial charge is 0.464 e. The monoisotopic (exact) mass is 347 g/mol. The van der Waals surface area contributed by atoms with Crippen LogP contribution in [0.25, 0.3) is 11.3 Å². The molecule has 0 bridgehead atoms. The van der Waals surface area contributed by atoms with E-state index < -0.39 is 0 Å². The van der Waals surface area contributed by atoms with E-state index in [4.69, 9.17) is 4.42 Å². The van der Waals surface area contributed by atoms with Crippen molar-refractivity contribution >= 4 is 5.91 Å². The molecule has 1 aliphatic rings. The third-order valence-electron chi connectivity index (χ3n) is 4.50. The van der Waals surface area contributed by atoms with Gasteiger partial charge in [0.1, 0.15) is 11.6 Å². The van der Waals surface area contributed by atoms with Gasteiger partial charge in [0.2, 0.25) is 0 Å². The van der Waals surface area contributed by atoms with Crippen LogP contribution in [-0.4, -0.2) is 20.8 Å². The van der Waals surface area contributed by atoms with Crippen LogP contribution in [0.3, 0.4) is 0 Å². The van der Waals surface area contributed by atoms with Gasteiger partial charge in [0.25, 0.3) is 5.91 Å². The predicted molar refractivity (Wildman–Crippen MR) is 98.3 cm³/mol. The number of furan rings is 1. The number of fused-ring (bicyclic) bond motifs is 1. The van der Waals surface area contributed by atoms with Gasteiger partial charge in [0.15, 0.2) is 0 Å². The van der Waals surface area contributed by atoms with Gasteiger partial charge in [0.05, 0.1) is 18.5 Å². The molecule has 26 heavy (non-hydrogen) atoms. The van der Waals surface area contributed by atoms with E-state index in [-0.39, 0.29) is 5.91 Å². The lowest BCUT2D eigenvalue weighted by Gasteiger charge is -2.15. The van der Waals surface area contributed by atoms with Crippen LogP contribution < -0.4 is 0 Å². The Bertz CT molecular complexity index is 932. The van der Waals surface area contributed by atoms with Crippen molar-refractivity contribution in [1.29, 1.82) is 0 Å². The molecule has 2 aromatic heterocycles. The van der Waals surface area contributed by atoms with E-state index >= 15 is 0 Å². The maximum absolute atomic E-state index is 12.9. The van der Waals surface area contributed by atoms with E-state index in [2.05, 4.69) is 23.8 Å². The van der Waals surface area contributed by atoms with Crippen molar-refractivity contribution in [3.8, 4) is 11.3 Å². The zero-order chi connectivity index (χ0) is 18.1. The van der Waals surface area contributed by atoms with Crippen molar-refractivity contribution < 1.29 is 9.21 Å². The molecule has 1 aromatic carbocycles. The van der Waals surface area contributed by atoms with Crippen LogP contribution in [0, 0.1) is 5.92 Å². The number of rotatable bonds is 4. The predicted octanol–water partition coefficient (Wildman–Crippen LogP) is 4.09. The first kappa shape index (κ1) is 16.5. The molecule has 5 heteroatoms. The van der Waals surface area contributed by atoms with Crippen molar-refractivity contribution in [2.45, 2.75) is 33.4 Å². The Morgan fingerprint density at radius 2 is 2.12 bits per heavy atom. The lowest BCUT2D eigenvalue weighted by Crippen LogP contribution is -2.25. The van der Waals surface area contributed by atoms with Crippen molar-refractivity contribution in [3.05, 3.63) is 71.5 Å². The van der Waals surface area contributed by atoms with E-state index in [1.165, 1.54) is 0 Å². The van der Waals surface area contributed by atoms with Gasteiger partial charge in [-0.05, 0) is 30.2 Å². The molecule has 0 saturated heterocycles. The van der Waals surface area contributed by atoms with Crippen molar-refractivity contribution in [2.24, 2.45) is 5.92 Å². The first-order chi connectivity index (χ1) is 12.6. The van der Waals surface area contributed by atoms with Crippen LogP contribution in [0.1, 0.15) is 41.3 Å². The summed E-state index contributed by atoms with van der Waals surface area (Å²) in [4.78, 5) is 23.9. The second-order valence-electron chi connectivity index (χ2n) is 7.08. The van der Waals surface area contributed by atoms with Gasteiger partial charge in [-0.25, -0.2) is 9.97 Å². The van der Waals surface area contributed by atoms with Crippen molar-refractivity contribution in [2.75, 3.05) is 0 Å². The number of nitrogens with zero attached hydrogens (tertiary/aromatic N) is 3. The highest BCUT2D eigenvalue weighted by Crippen LogP contribution is 2.25. The van der Waals surface area contributed by atoms with Gasteiger partial charge >= 0.3 is 0 Å². The minimum Gasteiger partial charge on any atom is -0.464 e. The Balaban J connectivity index is 1.54. The summed E-state index contributed by atoms with van der Waals surface area (Å²) >= 11 is 0. The summed E-state index contributed by atoms with van der Waals surface area (Å²) in [5, 5.41) is 0. The summed E-state index contributed by atoms with van der Waals surface area (Å²) in [6, 6.07) is 11.3. The smallest absolute Gasteiger partial charge is 0.254 e. The van der Waals surface area contributed by atoms with Crippen LogP contribution in [0.2, 0.25) is 0 Å². The highest BCUT2D eigenvalue weighted by Gasteiger charge is 2.26. The molecule has 0 N–H and O–H groups in total. The number of hydrogen-bond donors (Lipinski definition) is 0. The summed E-state index contributed by atoms with van der Waals surface area (Å²) < 4.78 is 5.43. The summed E-state index contributed by atoms with van der Waals surface area (Å²) in [6.45, 7) is 5.39. The molecule has 132 valence electrons. The van der Waals surface area contributed by atoms with Crippen molar-refractivity contribution in [1.82, 2.24) is 14.9 Å². The number of aromatic nitrogens is 2. The van der Waals surface area contributed by atoms with Crippen LogP contribution >= 0.6 is 0 Å². The molecule has 5 nitrogen and oxygen atoms in total.